The molecule has 0 heterocycles. The maximum absolute atomic E-state index is 13.2. The summed E-state index contributed by atoms with van der Waals surface area (Å²) >= 11 is 11.9. The lowest BCUT2D eigenvalue weighted by Crippen LogP contribution is -2.21. The molecule has 3 rings (SSSR count). The molecule has 2 N–H and O–H groups in total. The lowest BCUT2D eigenvalue weighted by Gasteiger charge is -2.11. The van der Waals surface area contributed by atoms with Gasteiger partial charge in [0.05, 0.1) is 27.6 Å². The second-order valence-electron chi connectivity index (χ2n) is 6.49. The van der Waals surface area contributed by atoms with Crippen molar-refractivity contribution in [2.45, 2.75) is 20.3 Å². The summed E-state index contributed by atoms with van der Waals surface area (Å²) < 4.78 is 13.2. The van der Waals surface area contributed by atoms with Crippen LogP contribution in [0.4, 0.5) is 15.8 Å². The SMILES string of the molecule is Cc1cc(C)c(NC(=O)C2CC2C(=O)Nc2ccc(F)c(Cl)c2)c(Cl)c1. The predicted octanol–water partition coefficient (Wildman–Crippen LogP) is 4.96. The minimum absolute atomic E-state index is 0.0719. The fourth-order valence-electron chi connectivity index (χ4n) is 2.87. The molecule has 0 spiro atoms. The van der Waals surface area contributed by atoms with E-state index in [1.165, 1.54) is 18.2 Å². The van der Waals surface area contributed by atoms with Crippen LogP contribution in [0, 0.1) is 31.5 Å². The fraction of sp³-hybridized carbons (Fsp3) is 0.263. The van der Waals surface area contributed by atoms with Gasteiger partial charge in [0.25, 0.3) is 0 Å². The second-order valence-corrected chi connectivity index (χ2v) is 7.31. The van der Waals surface area contributed by atoms with E-state index in [9.17, 15) is 14.0 Å². The summed E-state index contributed by atoms with van der Waals surface area (Å²) in [5, 5.41) is 5.87. The summed E-state index contributed by atoms with van der Waals surface area (Å²) in [5.41, 5.74) is 2.83. The largest absolute Gasteiger partial charge is 0.326 e. The quantitative estimate of drug-likeness (QED) is 0.769. The summed E-state index contributed by atoms with van der Waals surface area (Å²) in [4.78, 5) is 24.7. The van der Waals surface area contributed by atoms with E-state index in [2.05, 4.69) is 10.6 Å². The van der Waals surface area contributed by atoms with Crippen molar-refractivity contribution in [1.29, 1.82) is 0 Å². The van der Waals surface area contributed by atoms with Gasteiger partial charge in [-0.1, -0.05) is 29.3 Å². The number of carbonyl (C=O) groups is 2. The highest BCUT2D eigenvalue weighted by Crippen LogP contribution is 2.41. The average molecular weight is 395 g/mol. The summed E-state index contributed by atoms with van der Waals surface area (Å²) in [6, 6.07) is 7.64. The summed E-state index contributed by atoms with van der Waals surface area (Å²) in [6.07, 6.45) is 0.453. The van der Waals surface area contributed by atoms with Gasteiger partial charge in [-0.05, 0) is 55.7 Å². The minimum atomic E-state index is -0.557. The van der Waals surface area contributed by atoms with E-state index in [-0.39, 0.29) is 16.8 Å². The molecule has 0 saturated heterocycles. The Kier molecular flexibility index (Phi) is 5.21. The smallest absolute Gasteiger partial charge is 0.228 e. The van der Waals surface area contributed by atoms with Gasteiger partial charge in [-0.15, -0.1) is 0 Å². The molecule has 4 nitrogen and oxygen atoms in total. The molecule has 0 aromatic heterocycles. The van der Waals surface area contributed by atoms with Crippen molar-refractivity contribution in [3.05, 3.63) is 57.3 Å². The monoisotopic (exact) mass is 394 g/mol. The molecular formula is C19H17Cl2FN2O2. The standard InChI is InChI=1S/C19H17Cl2FN2O2/c1-9-5-10(2)17(15(21)6-9)24-19(26)13-8-12(13)18(25)23-11-3-4-16(22)14(20)7-11/h3-7,12-13H,8H2,1-2H3,(H,23,25)(H,24,26). The number of benzene rings is 2. The molecular weight excluding hydrogens is 378 g/mol. The predicted molar refractivity (Wildman–Crippen MR) is 101 cm³/mol. The van der Waals surface area contributed by atoms with Crippen molar-refractivity contribution in [2.75, 3.05) is 10.6 Å². The van der Waals surface area contributed by atoms with E-state index in [0.717, 1.165) is 11.1 Å². The highest BCUT2D eigenvalue weighted by atomic mass is 35.5. The van der Waals surface area contributed by atoms with Crippen LogP contribution in [0.15, 0.2) is 30.3 Å². The Balaban J connectivity index is 1.62. The van der Waals surface area contributed by atoms with Crippen LogP contribution in [-0.4, -0.2) is 11.8 Å². The van der Waals surface area contributed by atoms with E-state index in [1.807, 2.05) is 19.9 Å². The number of carbonyl (C=O) groups excluding carboxylic acids is 2. The third-order valence-electron chi connectivity index (χ3n) is 4.33. The third-order valence-corrected chi connectivity index (χ3v) is 4.92. The molecule has 2 aromatic rings. The van der Waals surface area contributed by atoms with Crippen LogP contribution in [0.5, 0.6) is 0 Å². The molecule has 1 aliphatic rings. The number of nitrogens with one attached hydrogen (secondary N) is 2. The second kappa shape index (κ2) is 7.25. The number of aryl methyl sites for hydroxylation is 2. The van der Waals surface area contributed by atoms with Crippen molar-refractivity contribution < 1.29 is 14.0 Å². The first kappa shape index (κ1) is 18.7. The van der Waals surface area contributed by atoms with Gasteiger partial charge in [0.1, 0.15) is 5.82 Å². The van der Waals surface area contributed by atoms with E-state index in [0.29, 0.717) is 22.8 Å². The van der Waals surface area contributed by atoms with Crippen LogP contribution in [0.1, 0.15) is 17.5 Å². The fourth-order valence-corrected chi connectivity index (χ4v) is 3.42. The molecule has 2 aromatic carbocycles. The van der Waals surface area contributed by atoms with E-state index in [1.54, 1.807) is 6.07 Å². The molecule has 1 saturated carbocycles. The van der Waals surface area contributed by atoms with Crippen molar-refractivity contribution >= 4 is 46.4 Å². The van der Waals surface area contributed by atoms with Crippen LogP contribution in [0.25, 0.3) is 0 Å². The minimum Gasteiger partial charge on any atom is -0.326 e. The van der Waals surface area contributed by atoms with Crippen molar-refractivity contribution in [3.8, 4) is 0 Å². The van der Waals surface area contributed by atoms with Gasteiger partial charge in [-0.25, -0.2) is 4.39 Å². The summed E-state index contributed by atoms with van der Waals surface area (Å²) in [5.74, 6) is -1.93. The molecule has 1 aliphatic carbocycles. The molecule has 0 bridgehead atoms. The molecule has 7 heteroatoms. The topological polar surface area (TPSA) is 58.2 Å². The van der Waals surface area contributed by atoms with Crippen LogP contribution in [0.3, 0.4) is 0 Å². The Morgan fingerprint density at radius 3 is 2.27 bits per heavy atom. The van der Waals surface area contributed by atoms with Gasteiger partial charge >= 0.3 is 0 Å². The Morgan fingerprint density at radius 2 is 1.65 bits per heavy atom. The molecule has 2 amide bonds. The number of amides is 2. The number of hydrogen-bond donors (Lipinski definition) is 2. The maximum Gasteiger partial charge on any atom is 0.228 e. The van der Waals surface area contributed by atoms with Crippen molar-refractivity contribution in [1.82, 2.24) is 0 Å². The van der Waals surface area contributed by atoms with Crippen molar-refractivity contribution in [3.63, 3.8) is 0 Å². The lowest BCUT2D eigenvalue weighted by atomic mass is 10.1. The number of rotatable bonds is 4. The molecule has 0 radical (unpaired) electrons. The highest BCUT2D eigenvalue weighted by Gasteiger charge is 2.48. The Morgan fingerprint density at radius 1 is 1.00 bits per heavy atom. The zero-order valence-electron chi connectivity index (χ0n) is 14.2. The molecule has 136 valence electrons. The van der Waals surface area contributed by atoms with Crippen molar-refractivity contribution in [2.24, 2.45) is 11.8 Å². The third kappa shape index (κ3) is 4.00. The van der Waals surface area contributed by atoms with Gasteiger partial charge in [-0.3, -0.25) is 9.59 Å². The number of hydrogen-bond acceptors (Lipinski definition) is 2. The first-order valence-corrected chi connectivity index (χ1v) is 8.85. The normalized spacial score (nSPS) is 18.3. The molecule has 2 unspecified atom stereocenters. The van der Waals surface area contributed by atoms with E-state index < -0.39 is 17.7 Å². The summed E-state index contributed by atoms with van der Waals surface area (Å²) in [6.45, 7) is 3.79. The number of anilines is 2. The molecule has 1 fully saturated rings. The highest BCUT2D eigenvalue weighted by molar-refractivity contribution is 6.34. The van der Waals surface area contributed by atoms with Gasteiger partial charge in [0, 0.05) is 5.69 Å². The Hall–Kier alpha value is -2.11. The van der Waals surface area contributed by atoms with Crippen LogP contribution in [-0.2, 0) is 9.59 Å². The van der Waals surface area contributed by atoms with Gasteiger partial charge in [0.2, 0.25) is 11.8 Å². The van der Waals surface area contributed by atoms with E-state index >= 15 is 0 Å². The number of halogens is 3. The van der Waals surface area contributed by atoms with Crippen LogP contribution in [0.2, 0.25) is 10.0 Å². The van der Waals surface area contributed by atoms with Gasteiger partial charge in [-0.2, -0.15) is 0 Å². The molecule has 0 aliphatic heterocycles. The van der Waals surface area contributed by atoms with E-state index in [4.69, 9.17) is 23.2 Å². The molecule has 26 heavy (non-hydrogen) atoms. The zero-order valence-corrected chi connectivity index (χ0v) is 15.7. The first-order chi connectivity index (χ1) is 12.3. The summed E-state index contributed by atoms with van der Waals surface area (Å²) in [7, 11) is 0. The Labute approximate surface area is 160 Å². The Bertz CT molecular complexity index is 878. The van der Waals surface area contributed by atoms with Gasteiger partial charge < -0.3 is 10.6 Å². The lowest BCUT2D eigenvalue weighted by molar-refractivity contribution is -0.122. The van der Waals surface area contributed by atoms with Gasteiger partial charge in [0.15, 0.2) is 0 Å². The maximum atomic E-state index is 13.2. The van der Waals surface area contributed by atoms with Crippen LogP contribution < -0.4 is 10.6 Å². The zero-order chi connectivity index (χ0) is 19.0. The van der Waals surface area contributed by atoms with Crippen LogP contribution >= 0.6 is 23.2 Å². The molecule has 2 atom stereocenters. The average Bonchev–Trinajstić information content (AvgIpc) is 3.35. The first-order valence-electron chi connectivity index (χ1n) is 8.10.